The summed E-state index contributed by atoms with van der Waals surface area (Å²) in [4.78, 5) is 0. The lowest BCUT2D eigenvalue weighted by molar-refractivity contribution is 0.239. The minimum Gasteiger partial charge on any atom is -0.388 e. The molecule has 1 saturated heterocycles. The van der Waals surface area contributed by atoms with Crippen LogP contribution in [0.1, 0.15) is 31.7 Å². The van der Waals surface area contributed by atoms with Crippen LogP contribution < -0.4 is 5.32 Å². The van der Waals surface area contributed by atoms with Crippen LogP contribution in [0, 0.1) is 0 Å². The van der Waals surface area contributed by atoms with Crippen molar-refractivity contribution in [3.8, 4) is 0 Å². The van der Waals surface area contributed by atoms with E-state index >= 15 is 0 Å². The van der Waals surface area contributed by atoms with E-state index < -0.39 is 0 Å². The normalized spacial score (nSPS) is 17.1. The molecule has 92 valence electrons. The zero-order valence-electron chi connectivity index (χ0n) is 10.7. The molecule has 2 rings (SSSR count). The van der Waals surface area contributed by atoms with E-state index in [0.29, 0.717) is 0 Å². The molecule has 0 radical (unpaired) electrons. The highest BCUT2D eigenvalue weighted by atomic mass is 15.4. The standard InChI is InChI=1S/C14H21N3/c1-12(16-17-9-4-3-5-10-17)13-7-6-8-14(11-13)15-2/h6-8,11,15H,3-5,9-10H2,1-2H3/b16-12+. The molecule has 0 aliphatic carbocycles. The van der Waals surface area contributed by atoms with E-state index in [-0.39, 0.29) is 0 Å². The number of benzene rings is 1. The second kappa shape index (κ2) is 5.71. The first-order valence-corrected chi connectivity index (χ1v) is 6.38. The number of hydrogen-bond acceptors (Lipinski definition) is 3. The van der Waals surface area contributed by atoms with Gasteiger partial charge in [-0.25, -0.2) is 0 Å². The average molecular weight is 231 g/mol. The minimum atomic E-state index is 1.10. The number of nitrogens with zero attached hydrogens (tertiary/aromatic N) is 2. The highest BCUT2D eigenvalue weighted by molar-refractivity contribution is 5.99. The van der Waals surface area contributed by atoms with Gasteiger partial charge >= 0.3 is 0 Å². The topological polar surface area (TPSA) is 27.6 Å². The first kappa shape index (κ1) is 12.0. The van der Waals surface area contributed by atoms with Gasteiger partial charge in [-0.3, -0.25) is 5.01 Å². The van der Waals surface area contributed by atoms with Crippen LogP contribution in [-0.4, -0.2) is 30.9 Å². The summed E-state index contributed by atoms with van der Waals surface area (Å²) < 4.78 is 0. The predicted molar refractivity (Wildman–Crippen MR) is 73.6 cm³/mol. The van der Waals surface area contributed by atoms with Crippen LogP contribution in [0.5, 0.6) is 0 Å². The van der Waals surface area contributed by atoms with Gasteiger partial charge in [-0.15, -0.1) is 0 Å². The molecular weight excluding hydrogens is 210 g/mol. The van der Waals surface area contributed by atoms with Crippen molar-refractivity contribution in [3.05, 3.63) is 29.8 Å². The summed E-state index contributed by atoms with van der Waals surface area (Å²) in [6.45, 7) is 4.29. The number of anilines is 1. The molecule has 1 aliphatic heterocycles. The van der Waals surface area contributed by atoms with Crippen molar-refractivity contribution in [2.75, 3.05) is 25.5 Å². The molecule has 3 nitrogen and oxygen atoms in total. The quantitative estimate of drug-likeness (QED) is 0.810. The predicted octanol–water partition coefficient (Wildman–Crippen LogP) is 2.94. The van der Waals surface area contributed by atoms with Gasteiger partial charge in [0, 0.05) is 25.8 Å². The monoisotopic (exact) mass is 231 g/mol. The van der Waals surface area contributed by atoms with E-state index in [1.807, 2.05) is 7.05 Å². The number of rotatable bonds is 3. The summed E-state index contributed by atoms with van der Waals surface area (Å²) in [5.41, 5.74) is 3.43. The van der Waals surface area contributed by atoms with Crippen molar-refractivity contribution in [2.45, 2.75) is 26.2 Å². The molecule has 0 aromatic heterocycles. The van der Waals surface area contributed by atoms with Gasteiger partial charge in [0.05, 0.1) is 5.71 Å². The molecule has 1 aromatic rings. The second-order valence-electron chi connectivity index (χ2n) is 4.53. The largest absolute Gasteiger partial charge is 0.388 e. The molecule has 1 N–H and O–H groups in total. The summed E-state index contributed by atoms with van der Waals surface area (Å²) >= 11 is 0. The summed E-state index contributed by atoms with van der Waals surface area (Å²) in [7, 11) is 1.94. The highest BCUT2D eigenvalue weighted by Crippen LogP contribution is 2.13. The first-order chi connectivity index (χ1) is 8.29. The molecule has 17 heavy (non-hydrogen) atoms. The third kappa shape index (κ3) is 3.22. The third-order valence-electron chi connectivity index (χ3n) is 3.19. The Bertz CT molecular complexity index is 392. The van der Waals surface area contributed by atoms with Crippen molar-refractivity contribution in [3.63, 3.8) is 0 Å². The highest BCUT2D eigenvalue weighted by Gasteiger charge is 2.08. The first-order valence-electron chi connectivity index (χ1n) is 6.38. The van der Waals surface area contributed by atoms with Gasteiger partial charge in [0.1, 0.15) is 0 Å². The van der Waals surface area contributed by atoms with E-state index in [9.17, 15) is 0 Å². The molecule has 0 amide bonds. The maximum absolute atomic E-state index is 4.70. The Morgan fingerprint density at radius 3 is 2.71 bits per heavy atom. The lowest BCUT2D eigenvalue weighted by Crippen LogP contribution is -2.25. The SMILES string of the molecule is CNc1cccc(/C(C)=N/N2CCCCC2)c1. The molecule has 1 heterocycles. The number of hydrogen-bond donors (Lipinski definition) is 1. The van der Waals surface area contributed by atoms with Gasteiger partial charge in [0.25, 0.3) is 0 Å². The summed E-state index contributed by atoms with van der Waals surface area (Å²) in [6, 6.07) is 8.39. The van der Waals surface area contributed by atoms with Crippen LogP contribution >= 0.6 is 0 Å². The van der Waals surface area contributed by atoms with Crippen molar-refractivity contribution < 1.29 is 0 Å². The van der Waals surface area contributed by atoms with Crippen molar-refractivity contribution >= 4 is 11.4 Å². The lowest BCUT2D eigenvalue weighted by atomic mass is 10.1. The summed E-state index contributed by atoms with van der Waals surface area (Å²) in [6.07, 6.45) is 3.89. The van der Waals surface area contributed by atoms with Gasteiger partial charge in [-0.05, 0) is 43.9 Å². The third-order valence-corrected chi connectivity index (χ3v) is 3.19. The molecular formula is C14H21N3. The van der Waals surface area contributed by atoms with Crippen LogP contribution in [0.25, 0.3) is 0 Å². The van der Waals surface area contributed by atoms with Gasteiger partial charge in [-0.1, -0.05) is 12.1 Å². The molecule has 0 saturated carbocycles. The van der Waals surface area contributed by atoms with Crippen LogP contribution in [0.4, 0.5) is 5.69 Å². The Balaban J connectivity index is 2.11. The van der Waals surface area contributed by atoms with E-state index in [1.54, 1.807) is 0 Å². The molecule has 0 unspecified atom stereocenters. The molecule has 0 spiro atoms. The van der Waals surface area contributed by atoms with Crippen LogP contribution in [0.15, 0.2) is 29.4 Å². The molecule has 3 heteroatoms. The summed E-state index contributed by atoms with van der Waals surface area (Å²) in [5.74, 6) is 0. The Labute approximate surface area is 104 Å². The number of hydrazone groups is 1. The fraction of sp³-hybridized carbons (Fsp3) is 0.500. The molecule has 0 bridgehead atoms. The average Bonchev–Trinajstić information content (AvgIpc) is 2.40. The molecule has 0 atom stereocenters. The fourth-order valence-corrected chi connectivity index (χ4v) is 2.15. The zero-order valence-corrected chi connectivity index (χ0v) is 10.7. The minimum absolute atomic E-state index is 1.10. The zero-order chi connectivity index (χ0) is 12.1. The number of piperidine rings is 1. The molecule has 1 fully saturated rings. The second-order valence-corrected chi connectivity index (χ2v) is 4.53. The van der Waals surface area contributed by atoms with E-state index in [0.717, 1.165) is 24.5 Å². The van der Waals surface area contributed by atoms with Gasteiger partial charge in [0.15, 0.2) is 0 Å². The smallest absolute Gasteiger partial charge is 0.0647 e. The van der Waals surface area contributed by atoms with E-state index in [4.69, 9.17) is 5.10 Å². The van der Waals surface area contributed by atoms with E-state index in [1.165, 1.54) is 24.8 Å². The lowest BCUT2D eigenvalue weighted by Gasteiger charge is -2.24. The number of nitrogens with one attached hydrogen (secondary N) is 1. The molecule has 1 aliphatic rings. The van der Waals surface area contributed by atoms with Gasteiger partial charge in [0.2, 0.25) is 0 Å². The Morgan fingerprint density at radius 2 is 2.00 bits per heavy atom. The van der Waals surface area contributed by atoms with Crippen molar-refractivity contribution in [2.24, 2.45) is 5.10 Å². The maximum atomic E-state index is 4.70. The Hall–Kier alpha value is -1.51. The Morgan fingerprint density at radius 1 is 1.24 bits per heavy atom. The maximum Gasteiger partial charge on any atom is 0.0647 e. The van der Waals surface area contributed by atoms with E-state index in [2.05, 4.69) is 41.5 Å². The van der Waals surface area contributed by atoms with Crippen LogP contribution in [-0.2, 0) is 0 Å². The van der Waals surface area contributed by atoms with Crippen molar-refractivity contribution in [1.29, 1.82) is 0 Å². The van der Waals surface area contributed by atoms with Gasteiger partial charge in [-0.2, -0.15) is 5.10 Å². The van der Waals surface area contributed by atoms with Crippen LogP contribution in [0.2, 0.25) is 0 Å². The fourth-order valence-electron chi connectivity index (χ4n) is 2.15. The molecule has 1 aromatic carbocycles. The summed E-state index contributed by atoms with van der Waals surface area (Å²) in [5, 5.41) is 10.1. The Kier molecular flexibility index (Phi) is 4.02. The van der Waals surface area contributed by atoms with Gasteiger partial charge < -0.3 is 5.32 Å². The van der Waals surface area contributed by atoms with Crippen LogP contribution in [0.3, 0.4) is 0 Å². The van der Waals surface area contributed by atoms with Crippen molar-refractivity contribution in [1.82, 2.24) is 5.01 Å².